The molecule has 35 heavy (non-hydrogen) atoms. The summed E-state index contributed by atoms with van der Waals surface area (Å²) < 4.78 is 30.1. The average Bonchev–Trinajstić information content (AvgIpc) is 3.47. The number of anilines is 1. The Balaban J connectivity index is 1.17. The number of benzene rings is 1. The molecule has 1 amide bonds. The van der Waals surface area contributed by atoms with Crippen LogP contribution < -0.4 is 15.0 Å². The van der Waals surface area contributed by atoms with Gasteiger partial charge in [-0.3, -0.25) is 4.79 Å². The van der Waals surface area contributed by atoms with Crippen LogP contribution in [0.3, 0.4) is 0 Å². The summed E-state index contributed by atoms with van der Waals surface area (Å²) in [5.41, 5.74) is -0.253. The lowest BCUT2D eigenvalue weighted by molar-refractivity contribution is 0.0885. The van der Waals surface area contributed by atoms with Gasteiger partial charge in [-0.25, -0.2) is 4.39 Å². The van der Waals surface area contributed by atoms with Crippen molar-refractivity contribution in [3.63, 3.8) is 0 Å². The Kier molecular flexibility index (Phi) is 7.91. The predicted molar refractivity (Wildman–Crippen MR) is 127 cm³/mol. The van der Waals surface area contributed by atoms with E-state index in [1.165, 1.54) is 13.8 Å². The highest BCUT2D eigenvalue weighted by atomic mass is 19.1. The smallest absolute Gasteiger partial charge is 0.266 e. The molecule has 2 aromatic rings. The number of halogens is 1. The number of aryl methyl sites for hydroxylation is 1. The second-order valence-corrected chi connectivity index (χ2v) is 9.95. The fraction of sp³-hybridized carbons (Fsp3) is 0.640. The van der Waals surface area contributed by atoms with E-state index in [1.807, 2.05) is 17.9 Å². The number of piperidine rings is 1. The zero-order chi connectivity index (χ0) is 25.0. The van der Waals surface area contributed by atoms with Gasteiger partial charge in [0.2, 0.25) is 0 Å². The fourth-order valence-electron chi connectivity index (χ4n) is 4.48. The molecule has 0 unspecified atom stereocenters. The summed E-state index contributed by atoms with van der Waals surface area (Å²) in [6.07, 6.45) is 3.37. The van der Waals surface area contributed by atoms with E-state index in [1.54, 1.807) is 12.1 Å². The van der Waals surface area contributed by atoms with Crippen molar-refractivity contribution in [3.05, 3.63) is 35.2 Å². The van der Waals surface area contributed by atoms with Crippen molar-refractivity contribution in [1.82, 2.24) is 15.5 Å². The normalized spacial score (nSPS) is 21.3. The van der Waals surface area contributed by atoms with Crippen LogP contribution in [-0.4, -0.2) is 66.2 Å². The summed E-state index contributed by atoms with van der Waals surface area (Å²) in [5, 5.41) is 16.6. The van der Waals surface area contributed by atoms with Crippen molar-refractivity contribution < 1.29 is 28.3 Å². The Hall–Kier alpha value is -2.72. The Bertz CT molecular complexity index is 1000. The van der Waals surface area contributed by atoms with Crippen LogP contribution in [0.5, 0.6) is 5.75 Å². The molecule has 3 heterocycles. The lowest BCUT2D eigenvalue weighted by atomic mass is 9.92. The largest absolute Gasteiger partial charge is 0.494 e. The number of aromatic nitrogens is 2. The number of carbonyl (C=O) groups excluding carboxylic acids is 1. The Morgan fingerprint density at radius 3 is 2.71 bits per heavy atom. The minimum atomic E-state index is -1.64. The van der Waals surface area contributed by atoms with E-state index in [-0.39, 0.29) is 24.4 Å². The molecule has 2 N–H and O–H groups in total. The quantitative estimate of drug-likeness (QED) is 0.516. The fourth-order valence-corrected chi connectivity index (χ4v) is 4.48. The minimum absolute atomic E-state index is 0.0119. The molecule has 9 nitrogen and oxygen atoms in total. The molecule has 10 heteroatoms. The molecule has 192 valence electrons. The molecule has 4 rings (SSSR count). The molecule has 1 aromatic heterocycles. The lowest BCUT2D eigenvalue weighted by Gasteiger charge is -2.30. The molecule has 2 aliphatic rings. The zero-order valence-electron chi connectivity index (χ0n) is 20.6. The van der Waals surface area contributed by atoms with Gasteiger partial charge in [-0.15, -0.1) is 0 Å². The number of aliphatic hydroxyl groups excluding tert-OH is 1. The molecule has 2 atom stereocenters. The maximum atomic E-state index is 14.0. The number of nitrogens with one attached hydrogen (secondary N) is 1. The Morgan fingerprint density at radius 2 is 2.09 bits per heavy atom. The summed E-state index contributed by atoms with van der Waals surface area (Å²) in [6, 6.07) is 5.05. The van der Waals surface area contributed by atoms with Crippen molar-refractivity contribution in [2.75, 3.05) is 37.8 Å². The number of nitrogens with zero attached hydrogens (tertiary/aromatic N) is 3. The number of rotatable bonds is 9. The third kappa shape index (κ3) is 6.49. The molecule has 2 fully saturated rings. The van der Waals surface area contributed by atoms with Gasteiger partial charge in [0, 0.05) is 18.7 Å². The van der Waals surface area contributed by atoms with Crippen LogP contribution in [0.2, 0.25) is 0 Å². The first-order valence-corrected chi connectivity index (χ1v) is 12.3. The highest BCUT2D eigenvalue weighted by molar-refractivity contribution is 5.96. The second kappa shape index (κ2) is 10.9. The van der Waals surface area contributed by atoms with Crippen molar-refractivity contribution >= 4 is 11.9 Å². The van der Waals surface area contributed by atoms with Gasteiger partial charge in [-0.05, 0) is 81.3 Å². The van der Waals surface area contributed by atoms with Crippen molar-refractivity contribution in [2.45, 2.75) is 64.3 Å². The van der Waals surface area contributed by atoms with E-state index in [0.717, 1.165) is 50.1 Å². The second-order valence-electron chi connectivity index (χ2n) is 9.95. The third-order valence-corrected chi connectivity index (χ3v) is 6.66. The Morgan fingerprint density at radius 1 is 1.31 bits per heavy atom. The SMILES string of the molecule is Cc1cc(OCCCC2CCN(c3noc(C(C)(C)F)n3)CC2)ccc1C(=O)N[C@H]1COC[C@@H]1O. The van der Waals surface area contributed by atoms with E-state index in [4.69, 9.17) is 14.0 Å². The van der Waals surface area contributed by atoms with Crippen molar-refractivity contribution in [3.8, 4) is 5.75 Å². The third-order valence-electron chi connectivity index (χ3n) is 6.66. The topological polar surface area (TPSA) is 110 Å². The number of hydrogen-bond acceptors (Lipinski definition) is 8. The van der Waals surface area contributed by atoms with Crippen LogP contribution in [0.15, 0.2) is 22.7 Å². The van der Waals surface area contributed by atoms with Crippen LogP contribution in [-0.2, 0) is 10.4 Å². The molecule has 1 aromatic carbocycles. The van der Waals surface area contributed by atoms with Crippen molar-refractivity contribution in [2.24, 2.45) is 5.92 Å². The minimum Gasteiger partial charge on any atom is -0.494 e. The maximum absolute atomic E-state index is 14.0. The van der Waals surface area contributed by atoms with Gasteiger partial charge < -0.3 is 29.3 Å². The molecule has 0 bridgehead atoms. The molecule has 0 aliphatic carbocycles. The zero-order valence-corrected chi connectivity index (χ0v) is 20.6. The molecule has 0 saturated carbocycles. The lowest BCUT2D eigenvalue weighted by Crippen LogP contribution is -2.42. The summed E-state index contributed by atoms with van der Waals surface area (Å²) in [4.78, 5) is 18.8. The van der Waals surface area contributed by atoms with E-state index in [0.29, 0.717) is 30.6 Å². The van der Waals surface area contributed by atoms with Gasteiger partial charge in [-0.1, -0.05) is 0 Å². The van der Waals surface area contributed by atoms with Crippen LogP contribution in [0, 0.1) is 12.8 Å². The van der Waals surface area contributed by atoms with Gasteiger partial charge in [0.15, 0.2) is 5.67 Å². The summed E-state index contributed by atoms with van der Waals surface area (Å²) >= 11 is 0. The number of hydrogen-bond donors (Lipinski definition) is 2. The first-order chi connectivity index (χ1) is 16.7. The van der Waals surface area contributed by atoms with Crippen LogP contribution in [0.25, 0.3) is 0 Å². The standard InChI is InChI=1S/C25H35FN4O5/c1-16-13-18(6-7-19(16)22(32)27-20-14-33-15-21(20)31)34-12-4-5-17-8-10-30(11-9-17)24-28-23(35-29-24)25(2,3)26/h6-7,13,17,20-21,31H,4-5,8-12,14-15H2,1-3H3,(H,27,32)/t20-,21-/m0/s1. The van der Waals surface area contributed by atoms with E-state index < -0.39 is 11.8 Å². The van der Waals surface area contributed by atoms with Gasteiger partial charge >= 0.3 is 0 Å². The van der Waals surface area contributed by atoms with Gasteiger partial charge in [-0.2, -0.15) is 4.98 Å². The van der Waals surface area contributed by atoms with Crippen LogP contribution in [0.4, 0.5) is 10.3 Å². The summed E-state index contributed by atoms with van der Waals surface area (Å²) in [5.74, 6) is 1.59. The highest BCUT2D eigenvalue weighted by Crippen LogP contribution is 2.28. The maximum Gasteiger partial charge on any atom is 0.266 e. The van der Waals surface area contributed by atoms with Crippen molar-refractivity contribution in [1.29, 1.82) is 0 Å². The highest BCUT2D eigenvalue weighted by Gasteiger charge is 2.30. The van der Waals surface area contributed by atoms with E-state index in [2.05, 4.69) is 15.5 Å². The number of ether oxygens (including phenoxy) is 2. The molecule has 0 spiro atoms. The first-order valence-electron chi connectivity index (χ1n) is 12.3. The van der Waals surface area contributed by atoms with Gasteiger partial charge in [0.1, 0.15) is 5.75 Å². The van der Waals surface area contributed by atoms with Crippen LogP contribution in [0.1, 0.15) is 61.3 Å². The summed E-state index contributed by atoms with van der Waals surface area (Å²) in [6.45, 7) is 7.51. The Labute approximate surface area is 205 Å². The van der Waals surface area contributed by atoms with E-state index >= 15 is 0 Å². The van der Waals surface area contributed by atoms with E-state index in [9.17, 15) is 14.3 Å². The molecular weight excluding hydrogens is 455 g/mol. The first kappa shape index (κ1) is 25.4. The molecular formula is C25H35FN4O5. The van der Waals surface area contributed by atoms with Crippen LogP contribution >= 0.6 is 0 Å². The summed E-state index contributed by atoms with van der Waals surface area (Å²) in [7, 11) is 0. The predicted octanol–water partition coefficient (Wildman–Crippen LogP) is 3.15. The number of amides is 1. The average molecular weight is 491 g/mol. The number of aliphatic hydroxyl groups is 1. The molecule has 2 saturated heterocycles. The van der Waals surface area contributed by atoms with Gasteiger partial charge in [0.05, 0.1) is 32.0 Å². The molecule has 2 aliphatic heterocycles. The monoisotopic (exact) mass is 490 g/mol. The molecule has 0 radical (unpaired) electrons. The number of alkyl halides is 1. The van der Waals surface area contributed by atoms with Gasteiger partial charge in [0.25, 0.3) is 17.7 Å². The number of carbonyl (C=O) groups is 1.